The Kier molecular flexibility index (Phi) is 16.2. The zero-order valence-corrected chi connectivity index (χ0v) is 35.4. The van der Waals surface area contributed by atoms with Gasteiger partial charge in [-0.1, -0.05) is 66.2 Å². The van der Waals surface area contributed by atoms with E-state index in [1.165, 1.54) is 26.0 Å². The first-order valence-electron chi connectivity index (χ1n) is 19.4. The summed E-state index contributed by atoms with van der Waals surface area (Å²) in [4.78, 5) is 73.8. The van der Waals surface area contributed by atoms with E-state index in [1.807, 2.05) is 49.4 Å². The molecule has 4 atom stereocenters. The van der Waals surface area contributed by atoms with Crippen LogP contribution in [0.1, 0.15) is 64.2 Å². The number of amides is 4. The highest BCUT2D eigenvalue weighted by molar-refractivity contribution is 7.90. The highest BCUT2D eigenvalue weighted by atomic mass is 32.2. The van der Waals surface area contributed by atoms with E-state index in [-0.39, 0.29) is 43.3 Å². The summed E-state index contributed by atoms with van der Waals surface area (Å²) < 4.78 is 38.3. The maximum atomic E-state index is 13.7. The number of benzene rings is 3. The Morgan fingerprint density at radius 3 is 2.12 bits per heavy atom. The standard InChI is InChI=1S/C42H54N8O9S/c1-26-18-20-31(21-19-26)60(56,57)50-40(43)44-22-12-17-34(49-41(55)59-42(4,5)6)37(52)46-27(2)36(51)48-35(23-30-24-45-33-16-11-10-15-32(30)33)38(53)47-28(3)39(54)58-25-29-13-8-7-9-14-29/h7-11,13-16,18-21,24,27-28,34-35,45H,12,17,22-23,25H2,1-6H3,(H,46,52)(H,47,53)(H,48,51)(H,49,55)(H3,43,44,50)/t27-,28-,34+,35+/m1/s1. The number of nitrogens with two attached hydrogens (primary N) is 1. The second-order valence-corrected chi connectivity index (χ2v) is 16.9. The van der Waals surface area contributed by atoms with E-state index in [1.54, 1.807) is 51.2 Å². The van der Waals surface area contributed by atoms with Gasteiger partial charge in [-0.3, -0.25) is 19.4 Å². The minimum Gasteiger partial charge on any atom is -0.459 e. The Morgan fingerprint density at radius 2 is 1.43 bits per heavy atom. The lowest BCUT2D eigenvalue weighted by molar-refractivity contribution is -0.148. The zero-order chi connectivity index (χ0) is 44.0. The van der Waals surface area contributed by atoms with Gasteiger partial charge in [0.05, 0.1) is 4.90 Å². The number of hydrogen-bond acceptors (Lipinski definition) is 10. The molecule has 0 fully saturated rings. The number of carbonyl (C=O) groups excluding carboxylic acids is 5. The van der Waals surface area contributed by atoms with E-state index in [0.29, 0.717) is 0 Å². The van der Waals surface area contributed by atoms with Gasteiger partial charge in [-0.25, -0.2) is 22.7 Å². The summed E-state index contributed by atoms with van der Waals surface area (Å²) in [5.74, 6) is -3.18. The van der Waals surface area contributed by atoms with Crippen LogP contribution in [-0.4, -0.2) is 85.5 Å². The summed E-state index contributed by atoms with van der Waals surface area (Å²) in [7, 11) is -3.99. The van der Waals surface area contributed by atoms with Crippen molar-refractivity contribution in [3.63, 3.8) is 0 Å². The molecule has 4 amide bonds. The predicted molar refractivity (Wildman–Crippen MR) is 226 cm³/mol. The molecule has 60 heavy (non-hydrogen) atoms. The molecule has 8 N–H and O–H groups in total. The summed E-state index contributed by atoms with van der Waals surface area (Å²) in [6, 6.07) is 18.0. The number of aromatic amines is 1. The molecular weight excluding hydrogens is 793 g/mol. The molecule has 0 aliphatic heterocycles. The number of sulfonamides is 1. The summed E-state index contributed by atoms with van der Waals surface area (Å²) >= 11 is 0. The van der Waals surface area contributed by atoms with Crippen molar-refractivity contribution in [1.82, 2.24) is 31.0 Å². The van der Waals surface area contributed by atoms with Gasteiger partial charge in [0.15, 0.2) is 0 Å². The van der Waals surface area contributed by atoms with E-state index >= 15 is 0 Å². The van der Waals surface area contributed by atoms with E-state index < -0.39 is 69.6 Å². The minimum absolute atomic E-state index is 0.00130. The molecule has 1 aromatic heterocycles. The Labute approximate surface area is 349 Å². The van der Waals surface area contributed by atoms with Crippen LogP contribution in [0, 0.1) is 6.92 Å². The Bertz CT molecular complexity index is 2260. The van der Waals surface area contributed by atoms with Gasteiger partial charge in [0.25, 0.3) is 10.0 Å². The number of nitrogens with one attached hydrogen (secondary N) is 6. The zero-order valence-electron chi connectivity index (χ0n) is 34.5. The summed E-state index contributed by atoms with van der Waals surface area (Å²) in [6.07, 6.45) is 1.01. The molecule has 0 spiro atoms. The number of guanidine groups is 1. The van der Waals surface area contributed by atoms with Gasteiger partial charge in [0.2, 0.25) is 23.7 Å². The van der Waals surface area contributed by atoms with Crippen LogP contribution in [0.15, 0.2) is 94.9 Å². The number of alkyl carbamates (subject to hydrolysis) is 1. The highest BCUT2D eigenvalue weighted by Gasteiger charge is 2.30. The largest absolute Gasteiger partial charge is 0.459 e. The molecule has 1 heterocycles. The molecular formula is C42H54N8O9S. The second-order valence-electron chi connectivity index (χ2n) is 15.2. The lowest BCUT2D eigenvalue weighted by Gasteiger charge is -2.25. The molecule has 0 unspecified atom stereocenters. The van der Waals surface area contributed by atoms with Crippen molar-refractivity contribution in [1.29, 1.82) is 0 Å². The molecule has 0 aliphatic carbocycles. The quantitative estimate of drug-likeness (QED) is 0.0333. The van der Waals surface area contributed by atoms with Crippen LogP contribution in [0.2, 0.25) is 0 Å². The van der Waals surface area contributed by atoms with E-state index in [0.717, 1.165) is 27.6 Å². The van der Waals surface area contributed by atoms with Crippen LogP contribution >= 0.6 is 0 Å². The van der Waals surface area contributed by atoms with Crippen molar-refractivity contribution >= 4 is 56.7 Å². The Hall–Kier alpha value is -6.43. The molecule has 4 aromatic rings. The monoisotopic (exact) mass is 846 g/mol. The molecule has 0 saturated heterocycles. The van der Waals surface area contributed by atoms with E-state index in [2.05, 4.69) is 36.0 Å². The number of ether oxygens (including phenoxy) is 2. The van der Waals surface area contributed by atoms with Gasteiger partial charge in [0.1, 0.15) is 36.4 Å². The first kappa shape index (κ1) is 46.3. The van der Waals surface area contributed by atoms with Gasteiger partial charge < -0.3 is 41.5 Å². The van der Waals surface area contributed by atoms with Crippen LogP contribution in [0.25, 0.3) is 10.9 Å². The van der Waals surface area contributed by atoms with Gasteiger partial charge >= 0.3 is 12.1 Å². The topological polar surface area (TPSA) is 252 Å². The molecule has 322 valence electrons. The number of para-hydroxylation sites is 1. The fourth-order valence-electron chi connectivity index (χ4n) is 5.79. The number of hydrogen-bond donors (Lipinski definition) is 7. The maximum Gasteiger partial charge on any atom is 0.408 e. The number of esters is 1. The Balaban J connectivity index is 1.42. The maximum absolute atomic E-state index is 13.7. The van der Waals surface area contributed by atoms with Crippen molar-refractivity contribution in [2.75, 3.05) is 6.54 Å². The minimum atomic E-state index is -3.99. The number of aryl methyl sites for hydroxylation is 1. The third-order valence-corrected chi connectivity index (χ3v) is 10.3. The SMILES string of the molecule is Cc1ccc(S(=O)(=O)NC(N)=NCCC[C@H](NC(=O)OC(C)(C)C)C(=O)N[C@H](C)C(=O)N[C@@H](Cc2c[nH]c3ccccc23)C(=O)N[C@H](C)C(=O)OCc2ccccc2)cc1. The van der Waals surface area contributed by atoms with Crippen LogP contribution in [0.4, 0.5) is 4.79 Å². The molecule has 4 rings (SSSR count). The van der Waals surface area contributed by atoms with Crippen molar-refractivity contribution < 1.29 is 41.9 Å². The molecule has 18 heteroatoms. The van der Waals surface area contributed by atoms with Crippen LogP contribution in [0.5, 0.6) is 0 Å². The molecule has 17 nitrogen and oxygen atoms in total. The van der Waals surface area contributed by atoms with E-state index in [9.17, 15) is 32.4 Å². The highest BCUT2D eigenvalue weighted by Crippen LogP contribution is 2.19. The first-order valence-corrected chi connectivity index (χ1v) is 20.8. The van der Waals surface area contributed by atoms with E-state index in [4.69, 9.17) is 15.2 Å². The third-order valence-electron chi connectivity index (χ3n) is 8.93. The smallest absolute Gasteiger partial charge is 0.408 e. The van der Waals surface area contributed by atoms with Crippen LogP contribution < -0.4 is 31.7 Å². The number of fused-ring (bicyclic) bond motifs is 1. The fourth-order valence-corrected chi connectivity index (χ4v) is 6.74. The summed E-state index contributed by atoms with van der Waals surface area (Å²) in [5.41, 5.74) is 8.15. The summed E-state index contributed by atoms with van der Waals surface area (Å²) in [5, 5.41) is 11.3. The van der Waals surface area contributed by atoms with Crippen LogP contribution in [-0.2, 0) is 51.7 Å². The van der Waals surface area contributed by atoms with Crippen LogP contribution in [0.3, 0.4) is 0 Å². The van der Waals surface area contributed by atoms with Gasteiger partial charge in [-0.15, -0.1) is 0 Å². The average molecular weight is 847 g/mol. The lowest BCUT2D eigenvalue weighted by atomic mass is 10.0. The number of aromatic nitrogens is 1. The Morgan fingerprint density at radius 1 is 0.800 bits per heavy atom. The van der Waals surface area contributed by atoms with Gasteiger partial charge in [0, 0.05) is 30.1 Å². The number of carbonyl (C=O) groups is 5. The third kappa shape index (κ3) is 14.4. The summed E-state index contributed by atoms with van der Waals surface area (Å²) in [6.45, 7) is 9.64. The van der Waals surface area contributed by atoms with Crippen molar-refractivity contribution in [3.8, 4) is 0 Å². The molecule has 0 bridgehead atoms. The number of rotatable bonds is 18. The normalized spacial score (nSPS) is 13.9. The second kappa shape index (κ2) is 21.0. The molecule has 3 aromatic carbocycles. The van der Waals surface area contributed by atoms with Gasteiger partial charge in [-0.05, 0) is 83.7 Å². The van der Waals surface area contributed by atoms with Gasteiger partial charge in [-0.2, -0.15) is 0 Å². The van der Waals surface area contributed by atoms with Crippen molar-refractivity contribution in [2.45, 2.75) is 102 Å². The lowest BCUT2D eigenvalue weighted by Crippen LogP contribution is -2.57. The van der Waals surface area contributed by atoms with Crippen molar-refractivity contribution in [3.05, 3.63) is 102 Å². The molecule has 0 aliphatic rings. The number of nitrogens with zero attached hydrogens (tertiary/aromatic N) is 1. The number of H-pyrrole nitrogens is 1. The predicted octanol–water partition coefficient (Wildman–Crippen LogP) is 3.22. The molecule has 0 radical (unpaired) electrons. The molecule has 0 saturated carbocycles. The number of aliphatic imine (C=N–C) groups is 1. The first-order chi connectivity index (χ1) is 28.3. The average Bonchev–Trinajstić information content (AvgIpc) is 3.59. The fraction of sp³-hybridized carbons (Fsp3) is 0.381. The van der Waals surface area contributed by atoms with Crippen molar-refractivity contribution in [2.24, 2.45) is 10.7 Å².